The molecule has 4 heterocycles. The predicted octanol–water partition coefficient (Wildman–Crippen LogP) is 3.01. The van der Waals surface area contributed by atoms with E-state index in [2.05, 4.69) is 36.7 Å². The summed E-state index contributed by atoms with van der Waals surface area (Å²) in [5.74, 6) is 1.19. The summed E-state index contributed by atoms with van der Waals surface area (Å²) in [6, 6.07) is 0. The number of imidazole rings is 1. The fourth-order valence-corrected chi connectivity index (χ4v) is 4.15. The number of aromatic amines is 1. The zero-order valence-corrected chi connectivity index (χ0v) is 14.5. The Morgan fingerprint density at radius 3 is 2.92 bits per heavy atom. The number of likely N-dealkylation sites (tertiary alicyclic amines) is 1. The molecule has 4 rings (SSSR count). The van der Waals surface area contributed by atoms with Crippen molar-refractivity contribution in [1.29, 1.82) is 0 Å². The summed E-state index contributed by atoms with van der Waals surface area (Å²) in [5.41, 5.74) is 5.02. The molecule has 1 aliphatic heterocycles. The molecule has 3 aromatic heterocycles. The number of piperidine rings is 1. The van der Waals surface area contributed by atoms with Gasteiger partial charge < -0.3 is 4.98 Å². The van der Waals surface area contributed by atoms with Crippen molar-refractivity contribution in [3.8, 4) is 11.5 Å². The molecular weight excluding hydrogens is 320 g/mol. The van der Waals surface area contributed by atoms with E-state index in [1.165, 1.54) is 11.3 Å². The first-order valence-corrected chi connectivity index (χ1v) is 9.11. The summed E-state index contributed by atoms with van der Waals surface area (Å²) < 4.78 is 0. The van der Waals surface area contributed by atoms with Crippen molar-refractivity contribution < 1.29 is 0 Å². The molecule has 7 heteroatoms. The average molecular weight is 340 g/mol. The van der Waals surface area contributed by atoms with E-state index in [0.29, 0.717) is 5.92 Å². The molecule has 0 spiro atoms. The van der Waals surface area contributed by atoms with E-state index in [-0.39, 0.29) is 0 Å². The van der Waals surface area contributed by atoms with E-state index in [9.17, 15) is 0 Å². The Balaban J connectivity index is 1.56. The molecule has 1 aliphatic rings. The van der Waals surface area contributed by atoms with Crippen LogP contribution in [0, 0.1) is 6.92 Å². The molecule has 0 radical (unpaired) electrons. The van der Waals surface area contributed by atoms with Gasteiger partial charge in [0, 0.05) is 48.7 Å². The van der Waals surface area contributed by atoms with Gasteiger partial charge in [-0.05, 0) is 26.3 Å². The van der Waals surface area contributed by atoms with Crippen molar-refractivity contribution in [1.82, 2.24) is 29.8 Å². The number of hydrogen-bond acceptors (Lipinski definition) is 6. The van der Waals surface area contributed by atoms with Crippen molar-refractivity contribution in [2.24, 2.45) is 0 Å². The minimum atomic E-state index is 0.390. The minimum Gasteiger partial charge on any atom is -0.343 e. The zero-order chi connectivity index (χ0) is 16.4. The lowest BCUT2D eigenvalue weighted by Gasteiger charge is -2.32. The van der Waals surface area contributed by atoms with E-state index in [0.717, 1.165) is 49.0 Å². The topological polar surface area (TPSA) is 70.6 Å². The van der Waals surface area contributed by atoms with E-state index in [1.807, 2.05) is 11.7 Å². The van der Waals surface area contributed by atoms with Gasteiger partial charge in [0.2, 0.25) is 0 Å². The van der Waals surface area contributed by atoms with Crippen molar-refractivity contribution in [3.63, 3.8) is 0 Å². The maximum absolute atomic E-state index is 4.65. The first-order valence-electron chi connectivity index (χ1n) is 8.23. The molecule has 3 aromatic rings. The molecule has 0 saturated carbocycles. The van der Waals surface area contributed by atoms with Gasteiger partial charge in [0.1, 0.15) is 5.69 Å². The Bertz CT molecular complexity index is 797. The first kappa shape index (κ1) is 15.4. The monoisotopic (exact) mass is 340 g/mol. The number of aryl methyl sites for hydroxylation is 1. The molecule has 0 aromatic carbocycles. The third kappa shape index (κ3) is 3.09. The minimum absolute atomic E-state index is 0.390. The van der Waals surface area contributed by atoms with Gasteiger partial charge in [0.25, 0.3) is 0 Å². The summed E-state index contributed by atoms with van der Waals surface area (Å²) in [5, 5.41) is 0. The maximum atomic E-state index is 4.65. The SMILES string of the molecule is Cc1ncsc1CN1CCC[C@H](c2nccnc2-c2ncc[nH]2)C1. The third-order valence-corrected chi connectivity index (χ3v) is 5.47. The molecule has 6 nitrogen and oxygen atoms in total. The summed E-state index contributed by atoms with van der Waals surface area (Å²) >= 11 is 1.75. The van der Waals surface area contributed by atoms with E-state index in [4.69, 9.17) is 0 Å². The van der Waals surface area contributed by atoms with Crippen LogP contribution in [0.3, 0.4) is 0 Å². The van der Waals surface area contributed by atoms with E-state index >= 15 is 0 Å². The number of H-pyrrole nitrogens is 1. The molecule has 0 unspecified atom stereocenters. The van der Waals surface area contributed by atoms with Crippen molar-refractivity contribution in [3.05, 3.63) is 46.6 Å². The fourth-order valence-electron chi connectivity index (χ4n) is 3.33. The third-order valence-electron chi connectivity index (χ3n) is 4.55. The van der Waals surface area contributed by atoms with Crippen LogP contribution in [0.5, 0.6) is 0 Å². The summed E-state index contributed by atoms with van der Waals surface area (Å²) in [6.07, 6.45) is 9.43. The van der Waals surface area contributed by atoms with Crippen LogP contribution >= 0.6 is 11.3 Å². The van der Waals surface area contributed by atoms with Crippen molar-refractivity contribution in [2.45, 2.75) is 32.2 Å². The predicted molar refractivity (Wildman–Crippen MR) is 93.7 cm³/mol. The first-order chi connectivity index (χ1) is 11.8. The van der Waals surface area contributed by atoms with Crippen LogP contribution in [-0.2, 0) is 6.54 Å². The number of nitrogens with one attached hydrogen (secondary N) is 1. The zero-order valence-electron chi connectivity index (χ0n) is 13.6. The van der Waals surface area contributed by atoms with Gasteiger partial charge in [-0.15, -0.1) is 11.3 Å². The van der Waals surface area contributed by atoms with Crippen LogP contribution in [0.15, 0.2) is 30.3 Å². The Kier molecular flexibility index (Phi) is 4.36. The van der Waals surface area contributed by atoms with Gasteiger partial charge in [-0.3, -0.25) is 9.88 Å². The summed E-state index contributed by atoms with van der Waals surface area (Å²) in [4.78, 5) is 24.9. The summed E-state index contributed by atoms with van der Waals surface area (Å²) in [6.45, 7) is 5.20. The normalized spacial score (nSPS) is 18.8. The highest BCUT2D eigenvalue weighted by Gasteiger charge is 2.26. The average Bonchev–Trinajstić information content (AvgIpc) is 3.28. The summed E-state index contributed by atoms with van der Waals surface area (Å²) in [7, 11) is 0. The molecule has 0 amide bonds. The molecule has 1 atom stereocenters. The highest BCUT2D eigenvalue weighted by molar-refractivity contribution is 7.09. The Morgan fingerprint density at radius 1 is 1.21 bits per heavy atom. The molecule has 124 valence electrons. The van der Waals surface area contributed by atoms with Crippen molar-refractivity contribution in [2.75, 3.05) is 13.1 Å². The maximum Gasteiger partial charge on any atom is 0.157 e. The largest absolute Gasteiger partial charge is 0.343 e. The fraction of sp³-hybridized carbons (Fsp3) is 0.412. The van der Waals surface area contributed by atoms with Crippen LogP contribution in [-0.4, -0.2) is 42.9 Å². The van der Waals surface area contributed by atoms with Crippen molar-refractivity contribution >= 4 is 11.3 Å². The lowest BCUT2D eigenvalue weighted by Crippen LogP contribution is -2.34. The van der Waals surface area contributed by atoms with E-state index < -0.39 is 0 Å². The highest BCUT2D eigenvalue weighted by atomic mass is 32.1. The van der Waals surface area contributed by atoms with Gasteiger partial charge in [-0.1, -0.05) is 0 Å². The molecule has 1 fully saturated rings. The van der Waals surface area contributed by atoms with Crippen LogP contribution in [0.1, 0.15) is 35.0 Å². The second-order valence-electron chi connectivity index (χ2n) is 6.16. The van der Waals surface area contributed by atoms with Gasteiger partial charge >= 0.3 is 0 Å². The number of nitrogens with zero attached hydrogens (tertiary/aromatic N) is 5. The lowest BCUT2D eigenvalue weighted by atomic mass is 9.93. The van der Waals surface area contributed by atoms with Gasteiger partial charge in [0.15, 0.2) is 5.82 Å². The molecular formula is C17H20N6S. The quantitative estimate of drug-likeness (QED) is 0.790. The van der Waals surface area contributed by atoms with Crippen LogP contribution in [0.25, 0.3) is 11.5 Å². The molecule has 1 saturated heterocycles. The number of rotatable bonds is 4. The Labute approximate surface area is 145 Å². The standard InChI is InChI=1S/C17H20N6S/c1-12-14(24-11-22-12)10-23-8-2-3-13(9-23)15-16(19-5-4-18-15)17-20-6-7-21-17/h4-7,11,13H,2-3,8-10H2,1H3,(H,20,21)/t13-/m0/s1. The number of thiazole rings is 1. The van der Waals surface area contributed by atoms with Crippen LogP contribution in [0.4, 0.5) is 0 Å². The molecule has 0 aliphatic carbocycles. The molecule has 0 bridgehead atoms. The van der Waals surface area contributed by atoms with Gasteiger partial charge in [-0.2, -0.15) is 0 Å². The van der Waals surface area contributed by atoms with Gasteiger partial charge in [0.05, 0.1) is 16.9 Å². The number of hydrogen-bond donors (Lipinski definition) is 1. The van der Waals surface area contributed by atoms with Crippen LogP contribution < -0.4 is 0 Å². The smallest absolute Gasteiger partial charge is 0.157 e. The number of aromatic nitrogens is 5. The second kappa shape index (κ2) is 6.78. The Hall–Kier alpha value is -2.12. The lowest BCUT2D eigenvalue weighted by molar-refractivity contribution is 0.199. The highest BCUT2D eigenvalue weighted by Crippen LogP contribution is 2.31. The Morgan fingerprint density at radius 2 is 2.12 bits per heavy atom. The molecule has 1 N–H and O–H groups in total. The van der Waals surface area contributed by atoms with Gasteiger partial charge in [-0.25, -0.2) is 15.0 Å². The molecule has 24 heavy (non-hydrogen) atoms. The van der Waals surface area contributed by atoms with Crippen LogP contribution in [0.2, 0.25) is 0 Å². The van der Waals surface area contributed by atoms with E-state index in [1.54, 1.807) is 29.9 Å². The second-order valence-corrected chi connectivity index (χ2v) is 7.10.